The maximum atomic E-state index is 4.51. The topological polar surface area (TPSA) is 12.9 Å². The van der Waals surface area contributed by atoms with Gasteiger partial charge in [0.25, 0.3) is 0 Å². The first-order valence-electron chi connectivity index (χ1n) is 4.52. The molecule has 1 aromatic rings. The summed E-state index contributed by atoms with van der Waals surface area (Å²) in [6, 6.07) is 4.28. The maximum Gasteiger partial charge on any atom is 0.0409 e. The van der Waals surface area contributed by atoms with Crippen LogP contribution in [0.1, 0.15) is 30.8 Å². The molecule has 0 atom stereocenters. The summed E-state index contributed by atoms with van der Waals surface area (Å²) >= 11 is 0. The quantitative estimate of drug-likeness (QED) is 0.653. The molecule has 0 unspecified atom stereocenters. The number of hydrogen-bond donors (Lipinski definition) is 0. The highest BCUT2D eigenvalue weighted by Gasteiger charge is 2.00. The maximum absolute atomic E-state index is 4.51. The third-order valence-corrected chi connectivity index (χ3v) is 2.03. The number of pyridine rings is 1. The Bertz CT molecular complexity index is 264. The molecule has 1 rings (SSSR count). The smallest absolute Gasteiger partial charge is 0.0409 e. The monoisotopic (exact) mass is 163 g/mol. The fourth-order valence-corrected chi connectivity index (χ4v) is 1.21. The number of aromatic nitrogens is 1. The minimum atomic E-state index is 0.694. The van der Waals surface area contributed by atoms with Crippen molar-refractivity contribution in [1.82, 2.24) is 4.98 Å². The second-order valence-corrected chi connectivity index (χ2v) is 3.80. The number of nitrogens with zero attached hydrogens (tertiary/aromatic N) is 1. The summed E-state index contributed by atoms with van der Waals surface area (Å²) in [5.41, 5.74) is 3.66. The highest BCUT2D eigenvalue weighted by atomic mass is 14.7. The normalized spacial score (nSPS) is 10.8. The Hall–Kier alpha value is -0.850. The van der Waals surface area contributed by atoms with Crippen molar-refractivity contribution in [3.8, 4) is 0 Å². The van der Waals surface area contributed by atoms with Crippen LogP contribution in [-0.4, -0.2) is 4.98 Å². The van der Waals surface area contributed by atoms with Crippen molar-refractivity contribution in [2.45, 2.75) is 34.1 Å². The Morgan fingerprint density at radius 2 is 1.92 bits per heavy atom. The second kappa shape index (κ2) is 3.70. The summed E-state index contributed by atoms with van der Waals surface area (Å²) in [6.07, 6.45) is 1.08. The van der Waals surface area contributed by atoms with Gasteiger partial charge in [0.2, 0.25) is 0 Å². The molecule has 0 amide bonds. The molecule has 12 heavy (non-hydrogen) atoms. The second-order valence-electron chi connectivity index (χ2n) is 3.80. The number of hydrogen-bond acceptors (Lipinski definition) is 1. The lowest BCUT2D eigenvalue weighted by molar-refractivity contribution is 0.634. The van der Waals surface area contributed by atoms with Gasteiger partial charge in [0.05, 0.1) is 0 Å². The molecular weight excluding hydrogens is 146 g/mol. The molecule has 1 heteroatoms. The van der Waals surface area contributed by atoms with E-state index in [0.717, 1.165) is 12.1 Å². The van der Waals surface area contributed by atoms with E-state index in [9.17, 15) is 0 Å². The summed E-state index contributed by atoms with van der Waals surface area (Å²) < 4.78 is 0. The zero-order valence-electron chi connectivity index (χ0n) is 8.39. The third kappa shape index (κ3) is 2.33. The molecule has 0 N–H and O–H groups in total. The Morgan fingerprint density at radius 3 is 2.42 bits per heavy atom. The Morgan fingerprint density at radius 1 is 1.25 bits per heavy atom. The van der Waals surface area contributed by atoms with Crippen molar-refractivity contribution in [1.29, 1.82) is 0 Å². The first-order valence-corrected chi connectivity index (χ1v) is 4.52. The van der Waals surface area contributed by atoms with Gasteiger partial charge in [-0.05, 0) is 37.8 Å². The van der Waals surface area contributed by atoms with Crippen LogP contribution in [0, 0.1) is 19.8 Å². The molecule has 1 heterocycles. The molecule has 1 aromatic heterocycles. The lowest BCUT2D eigenvalue weighted by Gasteiger charge is -2.06. The van der Waals surface area contributed by atoms with Crippen LogP contribution in [0.15, 0.2) is 12.1 Å². The van der Waals surface area contributed by atoms with Crippen molar-refractivity contribution in [3.63, 3.8) is 0 Å². The first-order chi connectivity index (χ1) is 5.59. The molecule has 0 spiro atoms. The zero-order chi connectivity index (χ0) is 9.14. The van der Waals surface area contributed by atoms with Gasteiger partial charge in [-0.1, -0.05) is 19.9 Å². The van der Waals surface area contributed by atoms with E-state index in [4.69, 9.17) is 0 Å². The van der Waals surface area contributed by atoms with E-state index < -0.39 is 0 Å². The van der Waals surface area contributed by atoms with Crippen LogP contribution in [0.25, 0.3) is 0 Å². The van der Waals surface area contributed by atoms with E-state index in [2.05, 4.69) is 44.8 Å². The van der Waals surface area contributed by atoms with E-state index >= 15 is 0 Å². The van der Waals surface area contributed by atoms with Crippen molar-refractivity contribution >= 4 is 0 Å². The molecule has 0 saturated carbocycles. The highest BCUT2D eigenvalue weighted by Crippen LogP contribution is 2.09. The molecule has 0 bridgehead atoms. The van der Waals surface area contributed by atoms with Crippen molar-refractivity contribution in [2.75, 3.05) is 0 Å². The Balaban J connectivity index is 2.82. The summed E-state index contributed by atoms with van der Waals surface area (Å²) in [6.45, 7) is 8.61. The lowest BCUT2D eigenvalue weighted by Crippen LogP contribution is -1.99. The SMILES string of the molecule is Cc1ccc(CC(C)C)nc1C. The molecule has 0 aliphatic heterocycles. The predicted octanol–water partition coefficient (Wildman–Crippen LogP) is 2.90. The van der Waals surface area contributed by atoms with Crippen LogP contribution in [0.3, 0.4) is 0 Å². The van der Waals surface area contributed by atoms with Crippen LogP contribution in [0.5, 0.6) is 0 Å². The summed E-state index contributed by atoms with van der Waals surface area (Å²) in [5, 5.41) is 0. The average molecular weight is 163 g/mol. The summed E-state index contributed by atoms with van der Waals surface area (Å²) in [5.74, 6) is 0.694. The minimum Gasteiger partial charge on any atom is -0.258 e. The van der Waals surface area contributed by atoms with Gasteiger partial charge >= 0.3 is 0 Å². The fourth-order valence-electron chi connectivity index (χ4n) is 1.21. The molecule has 0 aliphatic carbocycles. The van der Waals surface area contributed by atoms with Crippen LogP contribution in [-0.2, 0) is 6.42 Å². The van der Waals surface area contributed by atoms with Crippen molar-refractivity contribution in [3.05, 3.63) is 29.1 Å². The van der Waals surface area contributed by atoms with Gasteiger partial charge in [-0.15, -0.1) is 0 Å². The molecule has 0 aliphatic rings. The largest absolute Gasteiger partial charge is 0.258 e. The Kier molecular flexibility index (Phi) is 2.85. The lowest BCUT2D eigenvalue weighted by atomic mass is 10.1. The molecule has 1 nitrogen and oxygen atoms in total. The van der Waals surface area contributed by atoms with Gasteiger partial charge in [-0.25, -0.2) is 0 Å². The van der Waals surface area contributed by atoms with Gasteiger partial charge in [0.1, 0.15) is 0 Å². The first kappa shape index (κ1) is 9.24. The molecular formula is C11H17N. The third-order valence-electron chi connectivity index (χ3n) is 2.03. The summed E-state index contributed by atoms with van der Waals surface area (Å²) in [4.78, 5) is 4.51. The van der Waals surface area contributed by atoms with Gasteiger partial charge < -0.3 is 0 Å². The minimum absolute atomic E-state index is 0.694. The van der Waals surface area contributed by atoms with E-state index in [1.54, 1.807) is 0 Å². The predicted molar refractivity (Wildman–Crippen MR) is 52.3 cm³/mol. The molecule has 0 fully saturated rings. The van der Waals surface area contributed by atoms with Crippen LogP contribution in [0.2, 0.25) is 0 Å². The van der Waals surface area contributed by atoms with E-state index in [-0.39, 0.29) is 0 Å². The average Bonchev–Trinajstić information content (AvgIpc) is 1.96. The number of rotatable bonds is 2. The molecule has 66 valence electrons. The van der Waals surface area contributed by atoms with Crippen molar-refractivity contribution in [2.24, 2.45) is 5.92 Å². The van der Waals surface area contributed by atoms with E-state index in [1.165, 1.54) is 11.3 Å². The van der Waals surface area contributed by atoms with Gasteiger partial charge in [-0.3, -0.25) is 4.98 Å². The van der Waals surface area contributed by atoms with Crippen molar-refractivity contribution < 1.29 is 0 Å². The van der Waals surface area contributed by atoms with Crippen LogP contribution >= 0.6 is 0 Å². The summed E-state index contributed by atoms with van der Waals surface area (Å²) in [7, 11) is 0. The van der Waals surface area contributed by atoms with Gasteiger partial charge in [0, 0.05) is 11.4 Å². The molecule has 0 saturated heterocycles. The van der Waals surface area contributed by atoms with E-state index in [1.807, 2.05) is 0 Å². The number of aryl methyl sites for hydroxylation is 2. The van der Waals surface area contributed by atoms with Gasteiger partial charge in [-0.2, -0.15) is 0 Å². The standard InChI is InChI=1S/C11H17N/c1-8(2)7-11-6-5-9(3)10(4)12-11/h5-6,8H,7H2,1-4H3. The molecule has 0 radical (unpaired) electrons. The van der Waals surface area contributed by atoms with Gasteiger partial charge in [0.15, 0.2) is 0 Å². The Labute approximate surface area is 74.8 Å². The van der Waals surface area contributed by atoms with Crippen LogP contribution < -0.4 is 0 Å². The molecule has 0 aromatic carbocycles. The van der Waals surface area contributed by atoms with E-state index in [0.29, 0.717) is 5.92 Å². The van der Waals surface area contributed by atoms with Crippen LogP contribution in [0.4, 0.5) is 0 Å². The zero-order valence-corrected chi connectivity index (χ0v) is 8.39. The highest BCUT2D eigenvalue weighted by molar-refractivity contribution is 5.20. The fraction of sp³-hybridized carbons (Fsp3) is 0.545.